The van der Waals surface area contributed by atoms with E-state index in [2.05, 4.69) is 120 Å². The van der Waals surface area contributed by atoms with Crippen LogP contribution in [0.25, 0.3) is 83.9 Å². The first-order valence-corrected chi connectivity index (χ1v) is 19.5. The second-order valence-corrected chi connectivity index (χ2v) is 15.0. The summed E-state index contributed by atoms with van der Waals surface area (Å²) in [5.41, 5.74) is 15.7. The highest BCUT2D eigenvalue weighted by Crippen LogP contribution is 2.63. The van der Waals surface area contributed by atoms with Crippen LogP contribution in [0.5, 0.6) is 0 Å². The number of aromatic nitrogens is 4. The SMILES string of the molecule is N#Cc1cc(-c2nc(-c3ccccc3)nc(-c3ccccc3)n2)ccc1-n1c2ccccc2c2cc3c(cc21)C1(c2ccccc2-c2ccccc21)c1ccccc1-3. The molecule has 10 aromatic rings. The van der Waals surface area contributed by atoms with Gasteiger partial charge in [-0.1, -0.05) is 152 Å². The highest BCUT2D eigenvalue weighted by atomic mass is 15.0. The minimum absolute atomic E-state index is 0.484. The van der Waals surface area contributed by atoms with Crippen LogP contribution in [0.15, 0.2) is 188 Å². The largest absolute Gasteiger partial charge is 0.308 e. The van der Waals surface area contributed by atoms with Gasteiger partial charge in [-0.25, -0.2) is 15.0 Å². The first-order chi connectivity index (χ1) is 28.7. The molecule has 0 N–H and O–H groups in total. The Morgan fingerprint density at radius 2 is 0.897 bits per heavy atom. The average Bonchev–Trinajstić information content (AvgIpc) is 3.90. The Kier molecular flexibility index (Phi) is 6.84. The molecule has 0 amide bonds. The van der Waals surface area contributed by atoms with Crippen LogP contribution < -0.4 is 0 Å². The molecule has 2 aliphatic rings. The molecule has 2 aliphatic carbocycles. The monoisotopic (exact) mass is 737 g/mol. The average molecular weight is 738 g/mol. The minimum Gasteiger partial charge on any atom is -0.308 e. The fourth-order valence-corrected chi connectivity index (χ4v) is 9.71. The number of fused-ring (bicyclic) bond motifs is 13. The quantitative estimate of drug-likeness (QED) is 0.180. The number of rotatable bonds is 4. The van der Waals surface area contributed by atoms with Gasteiger partial charge in [-0.3, -0.25) is 0 Å². The van der Waals surface area contributed by atoms with Crippen LogP contribution in [-0.2, 0) is 5.41 Å². The number of hydrogen-bond acceptors (Lipinski definition) is 4. The molecule has 0 saturated carbocycles. The molecular formula is C53H31N5. The summed E-state index contributed by atoms with van der Waals surface area (Å²) in [7, 11) is 0. The van der Waals surface area contributed by atoms with Crippen molar-refractivity contribution in [2.45, 2.75) is 5.41 Å². The Morgan fingerprint density at radius 1 is 0.397 bits per heavy atom. The van der Waals surface area contributed by atoms with Crippen molar-refractivity contribution in [1.82, 2.24) is 19.5 Å². The molecule has 1 spiro atoms. The van der Waals surface area contributed by atoms with Crippen molar-refractivity contribution in [3.05, 3.63) is 216 Å². The third-order valence-electron chi connectivity index (χ3n) is 12.1. The van der Waals surface area contributed by atoms with Crippen molar-refractivity contribution < 1.29 is 0 Å². The smallest absolute Gasteiger partial charge is 0.164 e. The third-order valence-corrected chi connectivity index (χ3v) is 12.1. The van der Waals surface area contributed by atoms with Crippen molar-refractivity contribution >= 4 is 21.8 Å². The van der Waals surface area contributed by atoms with Crippen molar-refractivity contribution in [3.8, 4) is 68.2 Å². The molecular weight excluding hydrogens is 707 g/mol. The van der Waals surface area contributed by atoms with Gasteiger partial charge in [0.05, 0.1) is 27.7 Å². The van der Waals surface area contributed by atoms with E-state index in [0.29, 0.717) is 23.0 Å². The van der Waals surface area contributed by atoms with Gasteiger partial charge >= 0.3 is 0 Å². The first-order valence-electron chi connectivity index (χ1n) is 19.5. The summed E-state index contributed by atoms with van der Waals surface area (Å²) in [6, 6.07) is 68.5. The van der Waals surface area contributed by atoms with Crippen molar-refractivity contribution in [2.24, 2.45) is 0 Å². The second kappa shape index (κ2) is 12.3. The summed E-state index contributed by atoms with van der Waals surface area (Å²) in [6.45, 7) is 0. The van der Waals surface area contributed by atoms with Crippen LogP contribution >= 0.6 is 0 Å². The molecule has 2 aromatic heterocycles. The lowest BCUT2D eigenvalue weighted by Gasteiger charge is -2.30. The van der Waals surface area contributed by atoms with Gasteiger partial charge in [0.15, 0.2) is 17.5 Å². The predicted molar refractivity (Wildman–Crippen MR) is 231 cm³/mol. The Bertz CT molecular complexity index is 3250. The molecule has 12 rings (SSSR count). The van der Waals surface area contributed by atoms with E-state index in [1.165, 1.54) is 44.5 Å². The second-order valence-electron chi connectivity index (χ2n) is 15.0. The molecule has 0 unspecified atom stereocenters. The van der Waals surface area contributed by atoms with Gasteiger partial charge in [0.2, 0.25) is 0 Å². The Balaban J connectivity index is 1.10. The molecule has 5 heteroatoms. The molecule has 2 heterocycles. The van der Waals surface area contributed by atoms with E-state index < -0.39 is 5.41 Å². The Morgan fingerprint density at radius 3 is 1.48 bits per heavy atom. The number of nitrogens with zero attached hydrogens (tertiary/aromatic N) is 5. The van der Waals surface area contributed by atoms with E-state index >= 15 is 0 Å². The van der Waals surface area contributed by atoms with Gasteiger partial charge in [-0.15, -0.1) is 0 Å². The summed E-state index contributed by atoms with van der Waals surface area (Å²) < 4.78 is 2.27. The lowest BCUT2D eigenvalue weighted by atomic mass is 9.70. The molecule has 5 nitrogen and oxygen atoms in total. The van der Waals surface area contributed by atoms with Crippen molar-refractivity contribution in [3.63, 3.8) is 0 Å². The van der Waals surface area contributed by atoms with Crippen LogP contribution in [0.1, 0.15) is 27.8 Å². The maximum Gasteiger partial charge on any atom is 0.164 e. The molecule has 0 fully saturated rings. The van der Waals surface area contributed by atoms with Crippen LogP contribution in [0.4, 0.5) is 0 Å². The predicted octanol–water partition coefficient (Wildman–Crippen LogP) is 12.2. The van der Waals surface area contributed by atoms with Crippen LogP contribution in [-0.4, -0.2) is 19.5 Å². The lowest BCUT2D eigenvalue weighted by molar-refractivity contribution is 0.794. The number of benzene rings is 8. The zero-order valence-electron chi connectivity index (χ0n) is 31.1. The van der Waals surface area contributed by atoms with E-state index in [1.807, 2.05) is 78.9 Å². The number of nitriles is 1. The summed E-state index contributed by atoms with van der Waals surface area (Å²) in [5, 5.41) is 13.2. The minimum atomic E-state index is -0.484. The lowest BCUT2D eigenvalue weighted by Crippen LogP contribution is -2.25. The first kappa shape index (κ1) is 32.3. The maximum atomic E-state index is 10.9. The van der Waals surface area contributed by atoms with Crippen LogP contribution in [0.2, 0.25) is 0 Å². The zero-order valence-corrected chi connectivity index (χ0v) is 31.1. The van der Waals surface area contributed by atoms with E-state index in [4.69, 9.17) is 15.0 Å². The molecule has 0 radical (unpaired) electrons. The highest BCUT2D eigenvalue weighted by molar-refractivity contribution is 6.12. The number of para-hydroxylation sites is 1. The maximum absolute atomic E-state index is 10.9. The van der Waals surface area contributed by atoms with Gasteiger partial charge in [0, 0.05) is 27.5 Å². The van der Waals surface area contributed by atoms with Gasteiger partial charge in [-0.05, 0) is 80.9 Å². The van der Waals surface area contributed by atoms with Gasteiger partial charge in [-0.2, -0.15) is 5.26 Å². The van der Waals surface area contributed by atoms with E-state index in [9.17, 15) is 5.26 Å². The van der Waals surface area contributed by atoms with Gasteiger partial charge in [0.25, 0.3) is 0 Å². The summed E-state index contributed by atoms with van der Waals surface area (Å²) in [5.74, 6) is 1.66. The Labute approximate surface area is 334 Å². The zero-order chi connectivity index (χ0) is 38.4. The summed E-state index contributed by atoms with van der Waals surface area (Å²) >= 11 is 0. The summed E-state index contributed by atoms with van der Waals surface area (Å²) in [4.78, 5) is 14.8. The molecule has 0 atom stereocenters. The fraction of sp³-hybridized carbons (Fsp3) is 0.0189. The van der Waals surface area contributed by atoms with E-state index in [0.717, 1.165) is 44.2 Å². The van der Waals surface area contributed by atoms with Crippen LogP contribution in [0.3, 0.4) is 0 Å². The van der Waals surface area contributed by atoms with Crippen molar-refractivity contribution in [2.75, 3.05) is 0 Å². The highest BCUT2D eigenvalue weighted by Gasteiger charge is 2.51. The fourth-order valence-electron chi connectivity index (χ4n) is 9.71. The number of hydrogen-bond donors (Lipinski definition) is 0. The van der Waals surface area contributed by atoms with Gasteiger partial charge in [0.1, 0.15) is 6.07 Å². The molecule has 8 aromatic carbocycles. The Hall–Kier alpha value is -7.94. The summed E-state index contributed by atoms with van der Waals surface area (Å²) in [6.07, 6.45) is 0. The molecule has 268 valence electrons. The standard InChI is InChI=1S/C53H31N5/c54-32-36-29-35(52-56-50(33-15-3-1-4-16-33)55-51(57-52)34-17-5-2-6-18-34)27-28-47(36)58-48-26-14-10-22-40(48)42-30-41-39-21-9-13-25-45(39)53(46(41)31-49(42)58)43-23-11-7-19-37(43)38-20-8-12-24-44(38)53/h1-31H. The molecule has 0 bridgehead atoms. The molecule has 0 saturated heterocycles. The van der Waals surface area contributed by atoms with E-state index in [1.54, 1.807) is 0 Å². The van der Waals surface area contributed by atoms with Gasteiger partial charge < -0.3 is 4.57 Å². The normalized spacial score (nSPS) is 12.9. The topological polar surface area (TPSA) is 67.4 Å². The van der Waals surface area contributed by atoms with Crippen molar-refractivity contribution in [1.29, 1.82) is 5.26 Å². The molecule has 58 heavy (non-hydrogen) atoms. The molecule has 0 aliphatic heterocycles. The van der Waals surface area contributed by atoms with Crippen LogP contribution in [0, 0.1) is 11.3 Å². The third kappa shape index (κ3) is 4.43. The van der Waals surface area contributed by atoms with E-state index in [-0.39, 0.29) is 0 Å².